The minimum Gasteiger partial charge on any atom is -0.497 e. The average Bonchev–Trinajstić information content (AvgIpc) is 3.13. The second kappa shape index (κ2) is 9.18. The molecular weight excluding hydrogens is 442 g/mol. The molecule has 0 saturated carbocycles. The van der Waals surface area contributed by atoms with Crippen LogP contribution in [0.5, 0.6) is 5.75 Å². The fourth-order valence-electron chi connectivity index (χ4n) is 3.53. The average molecular weight is 466 g/mol. The zero-order chi connectivity index (χ0) is 22.8. The first kappa shape index (κ1) is 22.1. The molecule has 8 heteroatoms. The Morgan fingerprint density at radius 1 is 1.22 bits per heavy atom. The van der Waals surface area contributed by atoms with E-state index in [1.807, 2.05) is 43.3 Å². The molecule has 4 rings (SSSR count). The predicted molar refractivity (Wildman–Crippen MR) is 130 cm³/mol. The lowest BCUT2D eigenvalue weighted by atomic mass is 10.1. The number of ether oxygens (including phenoxy) is 1. The number of nitrogens with zero attached hydrogens (tertiary/aromatic N) is 2. The van der Waals surface area contributed by atoms with E-state index in [0.717, 1.165) is 22.4 Å². The summed E-state index contributed by atoms with van der Waals surface area (Å²) in [6, 6.07) is 14.6. The standard InChI is InChI=1S/C24H23N3O3S2/c1-4-19-14(2)20-22(32-19)26-24(31-13-15-8-10-16(11-9-15)21(25)28)27(23(20)29)17-6-5-7-18(12-17)30-3/h5-12H,4,13H2,1-3H3,(H2,25,28). The van der Waals surface area contributed by atoms with Crippen LogP contribution in [0.3, 0.4) is 0 Å². The van der Waals surface area contributed by atoms with E-state index in [2.05, 4.69) is 6.92 Å². The van der Waals surface area contributed by atoms with Crippen LogP contribution >= 0.6 is 23.1 Å². The van der Waals surface area contributed by atoms with E-state index in [9.17, 15) is 9.59 Å². The van der Waals surface area contributed by atoms with E-state index in [1.165, 1.54) is 16.6 Å². The molecule has 32 heavy (non-hydrogen) atoms. The first-order chi connectivity index (χ1) is 15.4. The van der Waals surface area contributed by atoms with Gasteiger partial charge in [-0.1, -0.05) is 36.9 Å². The van der Waals surface area contributed by atoms with Crippen molar-refractivity contribution in [3.8, 4) is 11.4 Å². The summed E-state index contributed by atoms with van der Waals surface area (Å²) >= 11 is 3.05. The third-order valence-electron chi connectivity index (χ3n) is 5.27. The number of hydrogen-bond donors (Lipinski definition) is 1. The molecule has 2 aromatic carbocycles. The number of carbonyl (C=O) groups excluding carboxylic acids is 1. The van der Waals surface area contributed by atoms with Crippen molar-refractivity contribution in [1.82, 2.24) is 9.55 Å². The zero-order valence-electron chi connectivity index (χ0n) is 18.0. The Balaban J connectivity index is 1.82. The minimum atomic E-state index is -0.456. The van der Waals surface area contributed by atoms with Gasteiger partial charge in [-0.05, 0) is 48.7 Å². The largest absolute Gasteiger partial charge is 0.497 e. The Labute approximate surface area is 194 Å². The van der Waals surface area contributed by atoms with Gasteiger partial charge in [0.05, 0.1) is 18.2 Å². The number of fused-ring (bicyclic) bond motifs is 1. The third-order valence-corrected chi connectivity index (χ3v) is 7.61. The van der Waals surface area contributed by atoms with Gasteiger partial charge in [0.1, 0.15) is 10.6 Å². The van der Waals surface area contributed by atoms with Gasteiger partial charge < -0.3 is 10.5 Å². The van der Waals surface area contributed by atoms with Crippen LogP contribution in [0, 0.1) is 6.92 Å². The van der Waals surface area contributed by atoms with Crippen molar-refractivity contribution in [3.05, 3.63) is 80.5 Å². The maximum atomic E-state index is 13.7. The molecular formula is C24H23N3O3S2. The summed E-state index contributed by atoms with van der Waals surface area (Å²) < 4.78 is 7.03. The maximum absolute atomic E-state index is 13.7. The Hall–Kier alpha value is -3.10. The van der Waals surface area contributed by atoms with Crippen molar-refractivity contribution >= 4 is 39.2 Å². The zero-order valence-corrected chi connectivity index (χ0v) is 19.7. The van der Waals surface area contributed by atoms with E-state index in [4.69, 9.17) is 15.5 Å². The van der Waals surface area contributed by atoms with E-state index in [0.29, 0.717) is 33.3 Å². The van der Waals surface area contributed by atoms with Gasteiger partial charge in [-0.2, -0.15) is 0 Å². The van der Waals surface area contributed by atoms with Crippen LogP contribution in [0.2, 0.25) is 0 Å². The van der Waals surface area contributed by atoms with Crippen molar-refractivity contribution < 1.29 is 9.53 Å². The second-order valence-electron chi connectivity index (χ2n) is 7.27. The number of benzene rings is 2. The number of carbonyl (C=O) groups is 1. The number of rotatable bonds is 7. The second-order valence-corrected chi connectivity index (χ2v) is 9.30. The molecule has 0 spiro atoms. The minimum absolute atomic E-state index is 0.0803. The normalized spacial score (nSPS) is 11.1. The number of methoxy groups -OCH3 is 1. The predicted octanol–water partition coefficient (Wildman–Crippen LogP) is 4.72. The molecule has 2 aromatic heterocycles. The Bertz CT molecular complexity index is 1360. The van der Waals surface area contributed by atoms with Gasteiger partial charge in [-0.25, -0.2) is 4.98 Å². The molecule has 2 heterocycles. The van der Waals surface area contributed by atoms with Gasteiger partial charge in [0.25, 0.3) is 5.56 Å². The number of thiophene rings is 1. The van der Waals surface area contributed by atoms with E-state index < -0.39 is 5.91 Å². The van der Waals surface area contributed by atoms with Gasteiger partial charge in [-0.15, -0.1) is 11.3 Å². The fraction of sp³-hybridized carbons (Fsp3) is 0.208. The van der Waals surface area contributed by atoms with E-state index in [1.54, 1.807) is 35.1 Å². The molecule has 0 aliphatic carbocycles. The van der Waals surface area contributed by atoms with Crippen molar-refractivity contribution in [2.24, 2.45) is 5.73 Å². The molecule has 0 bridgehead atoms. The van der Waals surface area contributed by atoms with Crippen LogP contribution in [-0.2, 0) is 12.2 Å². The fourth-order valence-corrected chi connectivity index (χ4v) is 5.66. The van der Waals surface area contributed by atoms with Crippen molar-refractivity contribution in [1.29, 1.82) is 0 Å². The number of aryl methyl sites for hydroxylation is 2. The third kappa shape index (κ3) is 4.16. The number of amides is 1. The first-order valence-electron chi connectivity index (χ1n) is 10.1. The summed E-state index contributed by atoms with van der Waals surface area (Å²) in [4.78, 5) is 31.8. The summed E-state index contributed by atoms with van der Waals surface area (Å²) in [5.74, 6) is 0.804. The van der Waals surface area contributed by atoms with E-state index >= 15 is 0 Å². The molecule has 4 aromatic rings. The summed E-state index contributed by atoms with van der Waals surface area (Å²) in [5.41, 5.74) is 8.43. The number of nitrogens with two attached hydrogens (primary N) is 1. The highest BCUT2D eigenvalue weighted by Crippen LogP contribution is 2.32. The van der Waals surface area contributed by atoms with Gasteiger partial charge in [0.2, 0.25) is 5.91 Å². The molecule has 0 radical (unpaired) electrons. The SMILES string of the molecule is CCc1sc2nc(SCc3ccc(C(N)=O)cc3)n(-c3cccc(OC)c3)c(=O)c2c1C. The van der Waals surface area contributed by atoms with Crippen molar-refractivity contribution in [2.45, 2.75) is 31.2 Å². The van der Waals surface area contributed by atoms with Gasteiger partial charge in [0, 0.05) is 22.3 Å². The quantitative estimate of drug-likeness (QED) is 0.315. The van der Waals surface area contributed by atoms with Crippen LogP contribution in [0.4, 0.5) is 0 Å². The summed E-state index contributed by atoms with van der Waals surface area (Å²) in [7, 11) is 1.60. The highest BCUT2D eigenvalue weighted by atomic mass is 32.2. The molecule has 0 unspecified atom stereocenters. The number of aromatic nitrogens is 2. The summed E-state index contributed by atoms with van der Waals surface area (Å²) in [6.45, 7) is 4.08. The molecule has 0 fully saturated rings. The Morgan fingerprint density at radius 2 is 1.97 bits per heavy atom. The Morgan fingerprint density at radius 3 is 2.62 bits per heavy atom. The number of primary amides is 1. The summed E-state index contributed by atoms with van der Waals surface area (Å²) in [6.07, 6.45) is 0.861. The topological polar surface area (TPSA) is 87.2 Å². The van der Waals surface area contributed by atoms with Gasteiger partial charge in [0.15, 0.2) is 5.16 Å². The van der Waals surface area contributed by atoms with Crippen LogP contribution < -0.4 is 16.0 Å². The highest BCUT2D eigenvalue weighted by molar-refractivity contribution is 7.98. The number of hydrogen-bond acceptors (Lipinski definition) is 6. The monoisotopic (exact) mass is 465 g/mol. The number of thioether (sulfide) groups is 1. The lowest BCUT2D eigenvalue weighted by Crippen LogP contribution is -2.21. The molecule has 6 nitrogen and oxygen atoms in total. The molecule has 0 atom stereocenters. The molecule has 1 amide bonds. The molecule has 0 aliphatic heterocycles. The van der Waals surface area contributed by atoms with Gasteiger partial charge >= 0.3 is 0 Å². The van der Waals surface area contributed by atoms with Gasteiger partial charge in [-0.3, -0.25) is 14.2 Å². The molecule has 2 N–H and O–H groups in total. The van der Waals surface area contributed by atoms with Crippen LogP contribution in [0.15, 0.2) is 58.5 Å². The first-order valence-corrected chi connectivity index (χ1v) is 11.9. The lowest BCUT2D eigenvalue weighted by molar-refractivity contribution is 0.100. The van der Waals surface area contributed by atoms with E-state index in [-0.39, 0.29) is 5.56 Å². The molecule has 164 valence electrons. The highest BCUT2D eigenvalue weighted by Gasteiger charge is 2.19. The van der Waals surface area contributed by atoms with Crippen LogP contribution in [0.25, 0.3) is 15.9 Å². The Kier molecular flexibility index (Phi) is 6.34. The molecule has 0 saturated heterocycles. The smallest absolute Gasteiger partial charge is 0.267 e. The van der Waals surface area contributed by atoms with Crippen molar-refractivity contribution in [2.75, 3.05) is 7.11 Å². The summed E-state index contributed by atoms with van der Waals surface area (Å²) in [5, 5.41) is 1.28. The van der Waals surface area contributed by atoms with Crippen LogP contribution in [0.1, 0.15) is 33.3 Å². The van der Waals surface area contributed by atoms with Crippen LogP contribution in [-0.4, -0.2) is 22.6 Å². The maximum Gasteiger partial charge on any atom is 0.267 e. The molecule has 0 aliphatic rings. The van der Waals surface area contributed by atoms with Crippen molar-refractivity contribution in [3.63, 3.8) is 0 Å². The lowest BCUT2D eigenvalue weighted by Gasteiger charge is -2.13.